The number of hydrogen-bond donors (Lipinski definition) is 1. The number of carbonyl (C=O) groups excluding carboxylic acids is 1. The van der Waals surface area contributed by atoms with Gasteiger partial charge < -0.3 is 10.1 Å². The molecule has 3 rings (SSSR count). The fourth-order valence-electron chi connectivity index (χ4n) is 3.05. The van der Waals surface area contributed by atoms with Gasteiger partial charge in [-0.25, -0.2) is 18.6 Å². The van der Waals surface area contributed by atoms with Crippen molar-refractivity contribution in [1.82, 2.24) is 4.98 Å². The van der Waals surface area contributed by atoms with Gasteiger partial charge in [-0.05, 0) is 48.2 Å². The molecule has 0 radical (unpaired) electrons. The molecule has 0 saturated heterocycles. The molecule has 0 aliphatic rings. The number of hydrogen-bond acceptors (Lipinski definition) is 5. The number of carbonyl (C=O) groups is 1. The monoisotopic (exact) mass is 428 g/mol. The third-order valence-electron chi connectivity index (χ3n) is 4.53. The van der Waals surface area contributed by atoms with E-state index in [9.17, 15) is 13.6 Å². The average Bonchev–Trinajstić information content (AvgIpc) is 3.23. The third kappa shape index (κ3) is 5.97. The Kier molecular flexibility index (Phi) is 7.68. The molecule has 30 heavy (non-hydrogen) atoms. The van der Waals surface area contributed by atoms with Gasteiger partial charge in [-0.1, -0.05) is 30.3 Å². The van der Waals surface area contributed by atoms with Crippen LogP contribution in [0.25, 0.3) is 0 Å². The minimum atomic E-state index is -0.474. The van der Waals surface area contributed by atoms with Crippen molar-refractivity contribution in [2.45, 2.75) is 18.8 Å². The van der Waals surface area contributed by atoms with Crippen molar-refractivity contribution in [1.29, 1.82) is 0 Å². The minimum Gasteiger partial charge on any atom is -0.461 e. The molecule has 4 nitrogen and oxygen atoms in total. The number of nitrogens with one attached hydrogen (secondary N) is 1. The SMILES string of the molecule is C=CCNc1nc(C(=O)OCCCC(c2ccc(F)cc2)c2ccc(F)cc2)cs1. The lowest BCUT2D eigenvalue weighted by atomic mass is 9.87. The van der Waals surface area contributed by atoms with E-state index in [1.807, 2.05) is 0 Å². The molecule has 1 heterocycles. The third-order valence-corrected chi connectivity index (χ3v) is 5.33. The van der Waals surface area contributed by atoms with Gasteiger partial charge in [0.2, 0.25) is 0 Å². The van der Waals surface area contributed by atoms with Gasteiger partial charge in [0.1, 0.15) is 11.6 Å². The van der Waals surface area contributed by atoms with E-state index in [2.05, 4.69) is 16.9 Å². The van der Waals surface area contributed by atoms with E-state index in [0.29, 0.717) is 24.5 Å². The maximum absolute atomic E-state index is 13.3. The van der Waals surface area contributed by atoms with Crippen molar-refractivity contribution >= 4 is 22.4 Å². The fraction of sp³-hybridized carbons (Fsp3) is 0.217. The first-order chi connectivity index (χ1) is 14.6. The van der Waals surface area contributed by atoms with E-state index >= 15 is 0 Å². The topological polar surface area (TPSA) is 51.2 Å². The summed E-state index contributed by atoms with van der Waals surface area (Å²) in [6.45, 7) is 4.41. The number of nitrogens with zero attached hydrogens (tertiary/aromatic N) is 1. The molecule has 7 heteroatoms. The molecule has 3 aromatic rings. The molecule has 0 unspecified atom stereocenters. The van der Waals surface area contributed by atoms with Gasteiger partial charge in [0.15, 0.2) is 10.8 Å². The Morgan fingerprint density at radius 2 is 1.70 bits per heavy atom. The largest absolute Gasteiger partial charge is 0.461 e. The molecular formula is C23H22F2N2O2S. The Balaban J connectivity index is 1.58. The Labute approximate surface area is 178 Å². The van der Waals surface area contributed by atoms with Gasteiger partial charge in [-0.2, -0.15) is 0 Å². The number of aromatic nitrogens is 1. The molecule has 0 amide bonds. The van der Waals surface area contributed by atoms with Crippen molar-refractivity contribution in [3.05, 3.63) is 95.0 Å². The molecule has 0 atom stereocenters. The molecule has 0 saturated carbocycles. The molecule has 1 aromatic heterocycles. The predicted molar refractivity (Wildman–Crippen MR) is 115 cm³/mol. The molecule has 0 fully saturated rings. The molecule has 0 aliphatic heterocycles. The number of halogens is 2. The van der Waals surface area contributed by atoms with Gasteiger partial charge in [0.25, 0.3) is 0 Å². The van der Waals surface area contributed by atoms with Crippen LogP contribution in [0, 0.1) is 11.6 Å². The summed E-state index contributed by atoms with van der Waals surface area (Å²) in [5.74, 6) is -1.15. The molecule has 156 valence electrons. The Morgan fingerprint density at radius 1 is 1.10 bits per heavy atom. The smallest absolute Gasteiger partial charge is 0.357 e. The van der Waals surface area contributed by atoms with Crippen LogP contribution in [-0.4, -0.2) is 24.1 Å². The maximum atomic E-state index is 13.3. The molecule has 1 N–H and O–H groups in total. The standard InChI is InChI=1S/C23H22F2N2O2S/c1-2-13-26-23-27-21(15-30-23)22(28)29-14-3-4-20(16-5-9-18(24)10-6-16)17-7-11-19(25)12-8-17/h2,5-12,15,20H,1,3-4,13-14H2,(H,26,27). The van der Waals surface area contributed by atoms with Crippen LogP contribution >= 0.6 is 11.3 Å². The van der Waals surface area contributed by atoms with Crippen LogP contribution in [0.15, 0.2) is 66.6 Å². The second-order valence-corrected chi connectivity index (χ2v) is 7.50. The second-order valence-electron chi connectivity index (χ2n) is 6.64. The van der Waals surface area contributed by atoms with Crippen LogP contribution in [0.3, 0.4) is 0 Å². The van der Waals surface area contributed by atoms with Crippen molar-refractivity contribution < 1.29 is 18.3 Å². The van der Waals surface area contributed by atoms with Gasteiger partial charge in [0, 0.05) is 17.8 Å². The summed E-state index contributed by atoms with van der Waals surface area (Å²) >= 11 is 1.33. The van der Waals surface area contributed by atoms with Crippen molar-refractivity contribution in [2.75, 3.05) is 18.5 Å². The van der Waals surface area contributed by atoms with E-state index in [-0.39, 0.29) is 29.9 Å². The van der Waals surface area contributed by atoms with E-state index in [1.165, 1.54) is 35.6 Å². The van der Waals surface area contributed by atoms with Gasteiger partial charge >= 0.3 is 5.97 Å². The first-order valence-electron chi connectivity index (χ1n) is 9.55. The highest BCUT2D eigenvalue weighted by Gasteiger charge is 2.16. The quantitative estimate of drug-likeness (QED) is 0.252. The summed E-state index contributed by atoms with van der Waals surface area (Å²) in [4.78, 5) is 16.4. The van der Waals surface area contributed by atoms with Crippen LogP contribution in [0.5, 0.6) is 0 Å². The summed E-state index contributed by atoms with van der Waals surface area (Å²) < 4.78 is 32.0. The zero-order valence-electron chi connectivity index (χ0n) is 16.3. The Hall–Kier alpha value is -3.06. The summed E-state index contributed by atoms with van der Waals surface area (Å²) in [5.41, 5.74) is 2.11. The predicted octanol–water partition coefficient (Wildman–Crippen LogP) is 5.79. The van der Waals surface area contributed by atoms with Crippen LogP contribution in [0.2, 0.25) is 0 Å². The fourth-order valence-corrected chi connectivity index (χ4v) is 3.74. The zero-order valence-corrected chi connectivity index (χ0v) is 17.1. The normalized spacial score (nSPS) is 10.8. The van der Waals surface area contributed by atoms with E-state index in [4.69, 9.17) is 4.74 Å². The molecule has 0 aliphatic carbocycles. The van der Waals surface area contributed by atoms with Crippen LogP contribution in [0.4, 0.5) is 13.9 Å². The number of thiazole rings is 1. The lowest BCUT2D eigenvalue weighted by molar-refractivity contribution is 0.0491. The molecule has 2 aromatic carbocycles. The lowest BCUT2D eigenvalue weighted by Gasteiger charge is -2.18. The van der Waals surface area contributed by atoms with Crippen molar-refractivity contribution in [2.24, 2.45) is 0 Å². The second kappa shape index (κ2) is 10.6. The number of esters is 1. The summed E-state index contributed by atoms with van der Waals surface area (Å²) in [5, 5.41) is 5.30. The molecule has 0 bridgehead atoms. The number of anilines is 1. The maximum Gasteiger partial charge on any atom is 0.357 e. The first kappa shape index (κ1) is 21.6. The lowest BCUT2D eigenvalue weighted by Crippen LogP contribution is -2.09. The number of ether oxygens (including phenoxy) is 1. The van der Waals surface area contributed by atoms with Gasteiger partial charge in [-0.3, -0.25) is 0 Å². The van der Waals surface area contributed by atoms with Crippen molar-refractivity contribution in [3.63, 3.8) is 0 Å². The number of benzene rings is 2. The minimum absolute atomic E-state index is 0.0566. The van der Waals surface area contributed by atoms with Crippen molar-refractivity contribution in [3.8, 4) is 0 Å². The number of rotatable bonds is 10. The Morgan fingerprint density at radius 3 is 2.27 bits per heavy atom. The molecule has 0 spiro atoms. The van der Waals surface area contributed by atoms with E-state index in [0.717, 1.165) is 11.1 Å². The summed E-state index contributed by atoms with van der Waals surface area (Å²) in [6.07, 6.45) is 2.96. The summed E-state index contributed by atoms with van der Waals surface area (Å²) in [7, 11) is 0. The highest BCUT2D eigenvalue weighted by atomic mass is 32.1. The van der Waals surface area contributed by atoms with Gasteiger partial charge in [0.05, 0.1) is 6.61 Å². The van der Waals surface area contributed by atoms with E-state index < -0.39 is 5.97 Å². The first-order valence-corrected chi connectivity index (χ1v) is 10.4. The Bertz CT molecular complexity index is 926. The van der Waals surface area contributed by atoms with Crippen LogP contribution in [0.1, 0.15) is 40.4 Å². The summed E-state index contributed by atoms with van der Waals surface area (Å²) in [6, 6.07) is 12.5. The average molecular weight is 429 g/mol. The highest BCUT2D eigenvalue weighted by Crippen LogP contribution is 2.29. The highest BCUT2D eigenvalue weighted by molar-refractivity contribution is 7.13. The van der Waals surface area contributed by atoms with Crippen LogP contribution in [-0.2, 0) is 4.74 Å². The van der Waals surface area contributed by atoms with Crippen LogP contribution < -0.4 is 5.32 Å². The van der Waals surface area contributed by atoms with Gasteiger partial charge in [-0.15, -0.1) is 17.9 Å². The zero-order chi connectivity index (χ0) is 21.3. The van der Waals surface area contributed by atoms with E-state index in [1.54, 1.807) is 35.7 Å². The molecular weight excluding hydrogens is 406 g/mol.